The van der Waals surface area contributed by atoms with Crippen molar-refractivity contribution in [3.8, 4) is 5.75 Å². The molecule has 3 heterocycles. The quantitative estimate of drug-likeness (QED) is 0.327. The molecule has 0 bridgehead atoms. The van der Waals surface area contributed by atoms with E-state index in [1.807, 2.05) is 36.4 Å². The molecule has 2 N–H and O–H groups in total. The lowest BCUT2D eigenvalue weighted by Gasteiger charge is -2.10. The third-order valence-electron chi connectivity index (χ3n) is 4.60. The first-order chi connectivity index (χ1) is 14.6. The number of nitrogens with one attached hydrogen (secondary N) is 2. The molecule has 7 nitrogen and oxygen atoms in total. The number of methoxy groups -OCH3 is 1. The van der Waals surface area contributed by atoms with Crippen LogP contribution < -0.4 is 10.1 Å². The van der Waals surface area contributed by atoms with Crippen LogP contribution in [0.2, 0.25) is 0 Å². The summed E-state index contributed by atoms with van der Waals surface area (Å²) >= 11 is 4.68. The Bertz CT molecular complexity index is 1410. The van der Waals surface area contributed by atoms with Gasteiger partial charge in [-0.3, -0.25) is 4.79 Å². The Hall–Kier alpha value is -3.04. The summed E-state index contributed by atoms with van der Waals surface area (Å²) in [5, 5.41) is 5.48. The maximum atomic E-state index is 12.5. The van der Waals surface area contributed by atoms with E-state index >= 15 is 0 Å². The number of hydrogen-bond donors (Lipinski definition) is 2. The number of aromatic nitrogens is 3. The molecule has 5 rings (SSSR count). The van der Waals surface area contributed by atoms with E-state index in [9.17, 15) is 4.79 Å². The zero-order chi connectivity index (χ0) is 20.7. The number of carbonyl (C=O) groups excluding carboxylic acids is 1. The van der Waals surface area contributed by atoms with Crippen LogP contribution in [0.4, 0.5) is 5.69 Å². The molecular formula is C21H15BrN4O3S. The molecule has 0 spiro atoms. The van der Waals surface area contributed by atoms with E-state index in [0.29, 0.717) is 27.8 Å². The number of aromatic amines is 1. The molecule has 30 heavy (non-hydrogen) atoms. The lowest BCUT2D eigenvalue weighted by molar-refractivity contribution is -0.113. The molecule has 3 aromatic heterocycles. The summed E-state index contributed by atoms with van der Waals surface area (Å²) in [4.78, 5) is 24.3. The number of thioether (sulfide) groups is 1. The molecule has 0 radical (unpaired) electrons. The Balaban J connectivity index is 1.36. The van der Waals surface area contributed by atoms with Gasteiger partial charge in [0.05, 0.1) is 24.1 Å². The van der Waals surface area contributed by atoms with Gasteiger partial charge >= 0.3 is 0 Å². The average molecular weight is 483 g/mol. The second-order valence-electron chi connectivity index (χ2n) is 6.55. The van der Waals surface area contributed by atoms with Crippen LogP contribution in [0.15, 0.2) is 62.7 Å². The third kappa shape index (κ3) is 3.50. The molecular weight excluding hydrogens is 468 g/mol. The predicted octanol–water partition coefficient (Wildman–Crippen LogP) is 5.36. The molecule has 0 fully saturated rings. The zero-order valence-corrected chi connectivity index (χ0v) is 18.1. The lowest BCUT2D eigenvalue weighted by Crippen LogP contribution is -2.14. The van der Waals surface area contributed by atoms with E-state index in [2.05, 4.69) is 36.2 Å². The number of hydrogen-bond acceptors (Lipinski definition) is 6. The van der Waals surface area contributed by atoms with Gasteiger partial charge in [-0.25, -0.2) is 9.97 Å². The first kappa shape index (κ1) is 19.0. The number of anilines is 1. The molecule has 1 amide bonds. The number of H-pyrrole nitrogens is 1. The number of benzene rings is 2. The highest BCUT2D eigenvalue weighted by Crippen LogP contribution is 2.36. The van der Waals surface area contributed by atoms with Gasteiger partial charge in [0.1, 0.15) is 16.9 Å². The minimum atomic E-state index is -0.177. The molecule has 2 aromatic carbocycles. The summed E-state index contributed by atoms with van der Waals surface area (Å²) in [6.07, 6.45) is 1.69. The number of fused-ring (bicyclic) bond motifs is 4. The Morgan fingerprint density at radius 1 is 1.23 bits per heavy atom. The molecule has 0 saturated carbocycles. The van der Waals surface area contributed by atoms with E-state index in [4.69, 9.17) is 9.15 Å². The van der Waals surface area contributed by atoms with Crippen molar-refractivity contribution in [2.24, 2.45) is 0 Å². The zero-order valence-electron chi connectivity index (χ0n) is 15.7. The van der Waals surface area contributed by atoms with Crippen LogP contribution >= 0.6 is 27.7 Å². The fourth-order valence-electron chi connectivity index (χ4n) is 3.26. The highest BCUT2D eigenvalue weighted by Gasteiger charge is 2.15. The highest BCUT2D eigenvalue weighted by atomic mass is 79.9. The maximum absolute atomic E-state index is 12.5. The topological polar surface area (TPSA) is 93.0 Å². The van der Waals surface area contributed by atoms with E-state index in [1.165, 1.54) is 11.8 Å². The number of pyridine rings is 1. The van der Waals surface area contributed by atoms with Crippen molar-refractivity contribution in [2.45, 2.75) is 5.16 Å². The summed E-state index contributed by atoms with van der Waals surface area (Å²) in [7, 11) is 1.58. The minimum Gasteiger partial charge on any atom is -0.495 e. The third-order valence-corrected chi connectivity index (χ3v) is 5.90. The smallest absolute Gasteiger partial charge is 0.234 e. The Labute approximate surface area is 183 Å². The van der Waals surface area contributed by atoms with Crippen molar-refractivity contribution in [3.05, 3.63) is 53.1 Å². The molecule has 9 heteroatoms. The van der Waals surface area contributed by atoms with Crippen molar-refractivity contribution in [3.63, 3.8) is 0 Å². The van der Waals surface area contributed by atoms with Crippen LogP contribution in [0, 0.1) is 0 Å². The van der Waals surface area contributed by atoms with Gasteiger partial charge in [-0.1, -0.05) is 30.0 Å². The van der Waals surface area contributed by atoms with Crippen molar-refractivity contribution in [1.29, 1.82) is 0 Å². The molecule has 0 aliphatic rings. The fraction of sp³-hybridized carbons (Fsp3) is 0.0952. The molecule has 5 aromatic rings. The Morgan fingerprint density at radius 3 is 2.97 bits per heavy atom. The fourth-order valence-corrected chi connectivity index (χ4v) is 4.26. The number of halogens is 1. The molecule has 150 valence electrons. The molecule has 0 unspecified atom stereocenters. The largest absolute Gasteiger partial charge is 0.495 e. The molecule has 0 saturated heterocycles. The first-order valence-electron chi connectivity index (χ1n) is 9.04. The maximum Gasteiger partial charge on any atom is 0.234 e. The first-order valence-corrected chi connectivity index (χ1v) is 10.8. The van der Waals surface area contributed by atoms with Gasteiger partial charge in [-0.05, 0) is 34.1 Å². The van der Waals surface area contributed by atoms with E-state index in [0.717, 1.165) is 26.3 Å². The number of carbonyl (C=O) groups is 1. The second-order valence-corrected chi connectivity index (χ2v) is 8.43. The van der Waals surface area contributed by atoms with Crippen molar-refractivity contribution < 1.29 is 13.9 Å². The van der Waals surface area contributed by atoms with Crippen molar-refractivity contribution in [1.82, 2.24) is 15.0 Å². The number of amides is 1. The number of rotatable bonds is 5. The standard InChI is InChI=1S/C21H15BrN4O3S/c1-28-18-7-13-12-4-2-3-5-16(12)29-17(13)8-14(18)24-19(27)10-30-21-25-15-6-11(22)9-23-20(15)26-21/h2-9H,10H2,1H3,(H,24,27)(H,23,25,26). The highest BCUT2D eigenvalue weighted by molar-refractivity contribution is 9.10. The second kappa shape index (κ2) is 7.66. The van der Waals surface area contributed by atoms with Crippen LogP contribution in [0.5, 0.6) is 5.75 Å². The van der Waals surface area contributed by atoms with Gasteiger partial charge in [0.2, 0.25) is 5.91 Å². The van der Waals surface area contributed by atoms with Crippen molar-refractivity contribution in [2.75, 3.05) is 18.2 Å². The number of para-hydroxylation sites is 1. The molecule has 0 atom stereocenters. The normalized spacial score (nSPS) is 11.4. The van der Waals surface area contributed by atoms with E-state index in [-0.39, 0.29) is 11.7 Å². The average Bonchev–Trinajstić information content (AvgIpc) is 3.31. The Morgan fingerprint density at radius 2 is 2.10 bits per heavy atom. The summed E-state index contributed by atoms with van der Waals surface area (Å²) in [5.74, 6) is 0.580. The van der Waals surface area contributed by atoms with Crippen molar-refractivity contribution >= 4 is 72.4 Å². The lowest BCUT2D eigenvalue weighted by atomic mass is 10.1. The summed E-state index contributed by atoms with van der Waals surface area (Å²) < 4.78 is 12.3. The predicted molar refractivity (Wildman–Crippen MR) is 121 cm³/mol. The van der Waals surface area contributed by atoms with Gasteiger partial charge in [-0.15, -0.1) is 0 Å². The van der Waals surface area contributed by atoms with Crippen LogP contribution in [0.3, 0.4) is 0 Å². The Kier molecular flexibility index (Phi) is 4.84. The molecule has 0 aliphatic heterocycles. The van der Waals surface area contributed by atoms with Gasteiger partial charge in [0, 0.05) is 27.5 Å². The van der Waals surface area contributed by atoms with Gasteiger partial charge in [-0.2, -0.15) is 0 Å². The van der Waals surface area contributed by atoms with E-state index in [1.54, 1.807) is 19.4 Å². The number of ether oxygens (including phenoxy) is 1. The van der Waals surface area contributed by atoms with Gasteiger partial charge in [0.15, 0.2) is 10.8 Å². The van der Waals surface area contributed by atoms with Crippen LogP contribution in [0.1, 0.15) is 0 Å². The SMILES string of the molecule is COc1cc2c(cc1NC(=O)CSc1nc3ncc(Br)cc3[nH]1)oc1ccccc12. The number of imidazole rings is 1. The number of nitrogens with zero attached hydrogens (tertiary/aromatic N) is 2. The number of furan rings is 1. The molecule has 0 aliphatic carbocycles. The summed E-state index contributed by atoms with van der Waals surface area (Å²) in [5.41, 5.74) is 3.46. The summed E-state index contributed by atoms with van der Waals surface area (Å²) in [6.45, 7) is 0. The van der Waals surface area contributed by atoms with Crippen LogP contribution in [0.25, 0.3) is 33.1 Å². The summed E-state index contributed by atoms with van der Waals surface area (Å²) in [6, 6.07) is 13.4. The minimum absolute atomic E-state index is 0.177. The van der Waals surface area contributed by atoms with E-state index < -0.39 is 0 Å². The van der Waals surface area contributed by atoms with Gasteiger partial charge < -0.3 is 19.5 Å². The van der Waals surface area contributed by atoms with Crippen LogP contribution in [-0.2, 0) is 4.79 Å². The van der Waals surface area contributed by atoms with Gasteiger partial charge in [0.25, 0.3) is 0 Å². The van der Waals surface area contributed by atoms with Crippen LogP contribution in [-0.4, -0.2) is 33.7 Å². The monoisotopic (exact) mass is 482 g/mol.